The zero-order valence-electron chi connectivity index (χ0n) is 13.6. The van der Waals surface area contributed by atoms with Crippen molar-refractivity contribution in [2.75, 3.05) is 18.8 Å². The summed E-state index contributed by atoms with van der Waals surface area (Å²) in [5.41, 5.74) is 1.77. The van der Waals surface area contributed by atoms with Crippen LogP contribution >= 0.6 is 11.8 Å². The van der Waals surface area contributed by atoms with Gasteiger partial charge in [-0.2, -0.15) is 0 Å². The molecule has 1 aliphatic rings. The summed E-state index contributed by atoms with van der Waals surface area (Å²) in [4.78, 5) is 25.9. The summed E-state index contributed by atoms with van der Waals surface area (Å²) >= 11 is 1.48. The summed E-state index contributed by atoms with van der Waals surface area (Å²) in [5.74, 6) is 0.279. The second-order valence-electron chi connectivity index (χ2n) is 5.57. The van der Waals surface area contributed by atoms with Crippen LogP contribution in [-0.4, -0.2) is 35.6 Å². The molecule has 0 atom stereocenters. The van der Waals surface area contributed by atoms with E-state index in [0.717, 1.165) is 24.1 Å². The van der Waals surface area contributed by atoms with E-state index in [0.29, 0.717) is 12.3 Å². The van der Waals surface area contributed by atoms with Gasteiger partial charge in [0, 0.05) is 6.54 Å². The van der Waals surface area contributed by atoms with Crippen molar-refractivity contribution in [3.63, 3.8) is 0 Å². The molecule has 2 rings (SSSR count). The second kappa shape index (κ2) is 9.40. The molecular weight excluding hydrogens is 308 g/mol. The number of nitrogens with one attached hydrogen (secondary N) is 1. The van der Waals surface area contributed by atoms with E-state index in [4.69, 9.17) is 0 Å². The number of hydrogen-bond donors (Lipinski definition) is 1. The molecule has 23 heavy (non-hydrogen) atoms. The van der Waals surface area contributed by atoms with Gasteiger partial charge >= 0.3 is 0 Å². The fourth-order valence-corrected chi connectivity index (χ4v) is 3.26. The lowest BCUT2D eigenvalue weighted by Crippen LogP contribution is -2.41. The number of carbonyl (C=O) groups is 2. The molecule has 4 nitrogen and oxygen atoms in total. The number of amides is 2. The predicted molar refractivity (Wildman–Crippen MR) is 95.7 cm³/mol. The number of thioether (sulfide) groups is 1. The lowest BCUT2D eigenvalue weighted by molar-refractivity contribution is -0.131. The first-order chi connectivity index (χ1) is 11.2. The standard InChI is InChI=1S/C18H24N2O2S/c1-2-3-4-8-11-19-17(21)12-20-16(13-23-14-18(20)22)15-9-6-5-7-10-15/h5-7,9-10,13H,2-4,8,11-12,14H2,1H3,(H,19,21). The summed E-state index contributed by atoms with van der Waals surface area (Å²) in [6.45, 7) is 2.93. The van der Waals surface area contributed by atoms with Crippen LogP contribution in [0.1, 0.15) is 38.2 Å². The minimum Gasteiger partial charge on any atom is -0.355 e. The Morgan fingerprint density at radius 2 is 2.00 bits per heavy atom. The van der Waals surface area contributed by atoms with Gasteiger partial charge in [-0.25, -0.2) is 0 Å². The highest BCUT2D eigenvalue weighted by atomic mass is 32.2. The van der Waals surface area contributed by atoms with Gasteiger partial charge in [0.15, 0.2) is 0 Å². The van der Waals surface area contributed by atoms with Crippen molar-refractivity contribution in [3.8, 4) is 0 Å². The maximum Gasteiger partial charge on any atom is 0.240 e. The molecule has 0 saturated carbocycles. The van der Waals surface area contributed by atoms with Gasteiger partial charge in [-0.1, -0.05) is 56.5 Å². The first-order valence-corrected chi connectivity index (χ1v) is 9.21. The van der Waals surface area contributed by atoms with E-state index in [1.165, 1.54) is 24.6 Å². The normalized spacial score (nSPS) is 14.6. The Kier molecular flexibility index (Phi) is 7.20. The Morgan fingerprint density at radius 3 is 2.74 bits per heavy atom. The summed E-state index contributed by atoms with van der Waals surface area (Å²) in [7, 11) is 0. The Balaban J connectivity index is 1.93. The summed E-state index contributed by atoms with van der Waals surface area (Å²) in [5, 5.41) is 4.88. The van der Waals surface area contributed by atoms with Crippen LogP contribution in [0.3, 0.4) is 0 Å². The molecule has 0 unspecified atom stereocenters. The molecule has 124 valence electrons. The van der Waals surface area contributed by atoms with Crippen LogP contribution < -0.4 is 5.32 Å². The smallest absolute Gasteiger partial charge is 0.240 e. The Hall–Kier alpha value is -1.75. The van der Waals surface area contributed by atoms with Crippen molar-refractivity contribution < 1.29 is 9.59 Å². The molecule has 0 aliphatic carbocycles. The summed E-state index contributed by atoms with van der Waals surface area (Å²) in [6, 6.07) is 9.73. The Labute approximate surface area is 142 Å². The number of benzene rings is 1. The van der Waals surface area contributed by atoms with Crippen molar-refractivity contribution in [2.45, 2.75) is 32.6 Å². The first-order valence-electron chi connectivity index (χ1n) is 8.16. The largest absolute Gasteiger partial charge is 0.355 e. The molecule has 0 radical (unpaired) electrons. The first kappa shape index (κ1) is 17.6. The molecule has 0 aromatic heterocycles. The van der Waals surface area contributed by atoms with E-state index in [1.807, 2.05) is 35.7 Å². The molecule has 1 heterocycles. The number of nitrogens with zero attached hydrogens (tertiary/aromatic N) is 1. The van der Waals surface area contributed by atoms with Gasteiger partial charge in [-0.05, 0) is 17.4 Å². The minimum atomic E-state index is -0.0939. The SMILES string of the molecule is CCCCCCNC(=O)CN1C(=O)CSC=C1c1ccccc1. The molecule has 1 aromatic carbocycles. The molecule has 2 amide bonds. The number of rotatable bonds is 8. The molecule has 0 bridgehead atoms. The lowest BCUT2D eigenvalue weighted by atomic mass is 10.1. The van der Waals surface area contributed by atoms with E-state index in [2.05, 4.69) is 12.2 Å². The molecule has 0 saturated heterocycles. The molecule has 0 spiro atoms. The van der Waals surface area contributed by atoms with Crippen molar-refractivity contribution in [1.82, 2.24) is 10.2 Å². The van der Waals surface area contributed by atoms with Crippen LogP contribution in [-0.2, 0) is 9.59 Å². The van der Waals surface area contributed by atoms with E-state index in [1.54, 1.807) is 4.90 Å². The van der Waals surface area contributed by atoms with Crippen LogP contribution in [0.15, 0.2) is 35.7 Å². The third kappa shape index (κ3) is 5.43. The van der Waals surface area contributed by atoms with Crippen LogP contribution in [0, 0.1) is 0 Å². The zero-order valence-corrected chi connectivity index (χ0v) is 14.4. The molecule has 1 aromatic rings. The van der Waals surface area contributed by atoms with Gasteiger partial charge in [0.2, 0.25) is 11.8 Å². The molecule has 1 N–H and O–H groups in total. The topological polar surface area (TPSA) is 49.4 Å². The fourth-order valence-electron chi connectivity index (χ4n) is 2.45. The molecule has 1 aliphatic heterocycles. The number of unbranched alkanes of at least 4 members (excludes halogenated alkanes) is 3. The van der Waals surface area contributed by atoms with Crippen LogP contribution in [0.5, 0.6) is 0 Å². The highest BCUT2D eigenvalue weighted by Gasteiger charge is 2.25. The van der Waals surface area contributed by atoms with Gasteiger partial charge in [0.1, 0.15) is 6.54 Å². The number of hydrogen-bond acceptors (Lipinski definition) is 3. The summed E-state index contributed by atoms with van der Waals surface area (Å²) < 4.78 is 0. The van der Waals surface area contributed by atoms with Gasteiger partial charge in [0.05, 0.1) is 11.4 Å². The average Bonchev–Trinajstić information content (AvgIpc) is 2.57. The molecule has 5 heteroatoms. The van der Waals surface area contributed by atoms with Crippen molar-refractivity contribution in [2.24, 2.45) is 0 Å². The third-order valence-electron chi connectivity index (χ3n) is 3.72. The summed E-state index contributed by atoms with van der Waals surface area (Å²) in [6.07, 6.45) is 4.49. The molecular formula is C18H24N2O2S. The van der Waals surface area contributed by atoms with Crippen molar-refractivity contribution >= 4 is 29.3 Å². The van der Waals surface area contributed by atoms with E-state index < -0.39 is 0 Å². The van der Waals surface area contributed by atoms with E-state index in [-0.39, 0.29) is 18.4 Å². The predicted octanol–water partition coefficient (Wildman–Crippen LogP) is 3.26. The fraction of sp³-hybridized carbons (Fsp3) is 0.444. The Morgan fingerprint density at radius 1 is 1.22 bits per heavy atom. The monoisotopic (exact) mass is 332 g/mol. The highest BCUT2D eigenvalue weighted by Crippen LogP contribution is 2.27. The van der Waals surface area contributed by atoms with Crippen molar-refractivity contribution in [1.29, 1.82) is 0 Å². The van der Waals surface area contributed by atoms with Gasteiger partial charge in [0.25, 0.3) is 0 Å². The second-order valence-corrected chi connectivity index (χ2v) is 6.43. The highest BCUT2D eigenvalue weighted by molar-refractivity contribution is 8.03. The van der Waals surface area contributed by atoms with Crippen LogP contribution in [0.2, 0.25) is 0 Å². The zero-order chi connectivity index (χ0) is 16.5. The van der Waals surface area contributed by atoms with E-state index >= 15 is 0 Å². The Bertz CT molecular complexity index is 557. The van der Waals surface area contributed by atoms with Crippen molar-refractivity contribution in [3.05, 3.63) is 41.3 Å². The third-order valence-corrected chi connectivity index (χ3v) is 4.52. The van der Waals surface area contributed by atoms with Gasteiger partial charge in [-0.15, -0.1) is 11.8 Å². The van der Waals surface area contributed by atoms with Crippen LogP contribution in [0.25, 0.3) is 5.70 Å². The maximum absolute atomic E-state index is 12.2. The maximum atomic E-state index is 12.2. The minimum absolute atomic E-state index is 0.0162. The van der Waals surface area contributed by atoms with Gasteiger partial charge in [-0.3, -0.25) is 9.59 Å². The quantitative estimate of drug-likeness (QED) is 0.744. The molecule has 0 fully saturated rings. The number of carbonyl (C=O) groups excluding carboxylic acids is 2. The average molecular weight is 332 g/mol. The van der Waals surface area contributed by atoms with E-state index in [9.17, 15) is 9.59 Å². The van der Waals surface area contributed by atoms with Crippen LogP contribution in [0.4, 0.5) is 0 Å². The lowest BCUT2D eigenvalue weighted by Gasteiger charge is -2.28. The van der Waals surface area contributed by atoms with Gasteiger partial charge < -0.3 is 10.2 Å².